The highest BCUT2D eigenvalue weighted by molar-refractivity contribution is 6.30. The fourth-order valence-electron chi connectivity index (χ4n) is 2.86. The van der Waals surface area contributed by atoms with Crippen molar-refractivity contribution >= 4 is 34.2 Å². The summed E-state index contributed by atoms with van der Waals surface area (Å²) < 4.78 is 1.77. The lowest BCUT2D eigenvalue weighted by molar-refractivity contribution is 0.725. The first kappa shape index (κ1) is 13.3. The molecule has 0 saturated heterocycles. The smallest absolute Gasteiger partial charge is 0.261 e. The number of nitrogens with zero attached hydrogens (tertiary/aromatic N) is 2. The number of fused-ring (bicyclic) bond motifs is 2. The van der Waals surface area contributed by atoms with Crippen LogP contribution in [0.5, 0.6) is 0 Å². The molecule has 22 heavy (non-hydrogen) atoms. The third-order valence-electron chi connectivity index (χ3n) is 3.96. The first-order valence-corrected chi connectivity index (χ1v) is 7.56. The Morgan fingerprint density at radius 2 is 1.86 bits per heavy atom. The fraction of sp³-hybridized carbons (Fsp3) is 0.111. The Kier molecular flexibility index (Phi) is 3.09. The Bertz CT molecular complexity index is 955. The predicted octanol–water partition coefficient (Wildman–Crippen LogP) is 3.99. The Morgan fingerprint density at radius 3 is 2.68 bits per heavy atom. The van der Waals surface area contributed by atoms with Crippen LogP contribution >= 0.6 is 11.6 Å². The van der Waals surface area contributed by atoms with Crippen LogP contribution in [0.25, 0.3) is 22.6 Å². The quantitative estimate of drug-likeness (QED) is 0.681. The van der Waals surface area contributed by atoms with E-state index in [1.165, 1.54) is 0 Å². The van der Waals surface area contributed by atoms with E-state index in [0.29, 0.717) is 17.0 Å². The van der Waals surface area contributed by atoms with Gasteiger partial charge in [-0.2, -0.15) is 0 Å². The van der Waals surface area contributed by atoms with E-state index in [4.69, 9.17) is 11.6 Å². The minimum Gasteiger partial charge on any atom is -0.292 e. The maximum absolute atomic E-state index is 12.5. The zero-order chi connectivity index (χ0) is 15.1. The van der Waals surface area contributed by atoms with Crippen molar-refractivity contribution in [2.45, 2.75) is 13.0 Å². The van der Waals surface area contributed by atoms with Crippen LogP contribution in [0.15, 0.2) is 53.3 Å². The molecule has 4 rings (SSSR count). The van der Waals surface area contributed by atoms with Crippen molar-refractivity contribution in [3.05, 3.63) is 75.3 Å². The number of para-hydroxylation sites is 1. The van der Waals surface area contributed by atoms with Gasteiger partial charge in [-0.25, -0.2) is 4.98 Å². The first-order valence-electron chi connectivity index (χ1n) is 7.18. The molecule has 0 unspecified atom stereocenters. The van der Waals surface area contributed by atoms with Gasteiger partial charge in [0.05, 0.1) is 10.9 Å². The van der Waals surface area contributed by atoms with Crippen LogP contribution in [-0.4, -0.2) is 9.55 Å². The van der Waals surface area contributed by atoms with E-state index >= 15 is 0 Å². The molecule has 3 nitrogen and oxygen atoms in total. The van der Waals surface area contributed by atoms with Crippen molar-refractivity contribution in [2.24, 2.45) is 0 Å². The van der Waals surface area contributed by atoms with E-state index in [9.17, 15) is 4.79 Å². The molecular formula is C18H13ClN2O. The fourth-order valence-corrected chi connectivity index (χ4v) is 2.99. The first-order chi connectivity index (χ1) is 10.7. The maximum Gasteiger partial charge on any atom is 0.261 e. The number of allylic oxidation sites excluding steroid dienone is 1. The zero-order valence-electron chi connectivity index (χ0n) is 11.8. The highest BCUT2D eigenvalue weighted by atomic mass is 35.5. The second kappa shape index (κ2) is 5.11. The van der Waals surface area contributed by atoms with Gasteiger partial charge in [-0.15, -0.1) is 0 Å². The number of hydrogen-bond donors (Lipinski definition) is 0. The predicted molar refractivity (Wildman–Crippen MR) is 89.9 cm³/mol. The standard InChI is InChI=1S/C18H13ClN2O/c19-14-7-5-12(6-8-14)11-13-9-10-21-17(13)20-16-4-2-1-3-15(16)18(21)22/h1-8,11H,9-10H2/b13-11+. The molecule has 0 atom stereocenters. The van der Waals surface area contributed by atoms with Gasteiger partial charge in [0.15, 0.2) is 0 Å². The van der Waals surface area contributed by atoms with Crippen molar-refractivity contribution in [3.63, 3.8) is 0 Å². The molecule has 2 aromatic carbocycles. The molecule has 1 aromatic heterocycles. The Balaban J connectivity index is 1.88. The molecule has 1 aliphatic heterocycles. The highest BCUT2D eigenvalue weighted by Gasteiger charge is 2.20. The summed E-state index contributed by atoms with van der Waals surface area (Å²) in [6, 6.07) is 15.2. The normalized spacial score (nSPS) is 15.4. The summed E-state index contributed by atoms with van der Waals surface area (Å²) in [4.78, 5) is 17.2. The van der Waals surface area contributed by atoms with Crippen molar-refractivity contribution in [2.75, 3.05) is 0 Å². The monoisotopic (exact) mass is 308 g/mol. The molecule has 2 heterocycles. The lowest BCUT2D eigenvalue weighted by Crippen LogP contribution is -2.20. The maximum atomic E-state index is 12.5. The summed E-state index contributed by atoms with van der Waals surface area (Å²) in [6.45, 7) is 0.686. The van der Waals surface area contributed by atoms with Gasteiger partial charge in [-0.1, -0.05) is 35.9 Å². The summed E-state index contributed by atoms with van der Waals surface area (Å²) in [5.41, 5.74) is 2.95. The third-order valence-corrected chi connectivity index (χ3v) is 4.22. The van der Waals surface area contributed by atoms with Crippen molar-refractivity contribution in [3.8, 4) is 0 Å². The molecule has 1 aliphatic rings. The van der Waals surface area contributed by atoms with E-state index in [1.807, 2.05) is 48.5 Å². The SMILES string of the molecule is O=c1c2ccccc2nc2n1CC/C2=C\c1ccc(Cl)cc1. The summed E-state index contributed by atoms with van der Waals surface area (Å²) in [7, 11) is 0. The number of rotatable bonds is 1. The highest BCUT2D eigenvalue weighted by Crippen LogP contribution is 2.27. The molecule has 0 fully saturated rings. The number of aromatic nitrogens is 2. The molecule has 0 amide bonds. The van der Waals surface area contributed by atoms with E-state index in [0.717, 1.165) is 28.9 Å². The largest absolute Gasteiger partial charge is 0.292 e. The van der Waals surface area contributed by atoms with Gasteiger partial charge in [0, 0.05) is 11.6 Å². The molecular weight excluding hydrogens is 296 g/mol. The molecule has 4 heteroatoms. The van der Waals surface area contributed by atoms with Crippen LogP contribution in [-0.2, 0) is 6.54 Å². The van der Waals surface area contributed by atoms with Crippen molar-refractivity contribution in [1.29, 1.82) is 0 Å². The molecule has 0 bridgehead atoms. The van der Waals surface area contributed by atoms with Gasteiger partial charge in [-0.05, 0) is 47.9 Å². The Labute approximate surface area is 132 Å². The van der Waals surface area contributed by atoms with Crippen LogP contribution in [0, 0.1) is 0 Å². The average molecular weight is 309 g/mol. The number of halogens is 1. The van der Waals surface area contributed by atoms with Gasteiger partial charge < -0.3 is 0 Å². The topological polar surface area (TPSA) is 34.9 Å². The van der Waals surface area contributed by atoms with Crippen molar-refractivity contribution < 1.29 is 0 Å². The third kappa shape index (κ3) is 2.14. The molecule has 0 aliphatic carbocycles. The molecule has 3 aromatic rings. The molecule has 0 radical (unpaired) electrons. The molecule has 0 N–H and O–H groups in total. The molecule has 0 saturated carbocycles. The van der Waals surface area contributed by atoms with Crippen molar-refractivity contribution in [1.82, 2.24) is 9.55 Å². The number of benzene rings is 2. The van der Waals surface area contributed by atoms with E-state index in [2.05, 4.69) is 11.1 Å². The summed E-state index contributed by atoms with van der Waals surface area (Å²) in [5.74, 6) is 0.777. The average Bonchev–Trinajstić information content (AvgIpc) is 2.93. The minimum absolute atomic E-state index is 0.0418. The van der Waals surface area contributed by atoms with Gasteiger partial charge >= 0.3 is 0 Å². The number of hydrogen-bond acceptors (Lipinski definition) is 2. The van der Waals surface area contributed by atoms with Gasteiger partial charge in [-0.3, -0.25) is 9.36 Å². The molecule has 108 valence electrons. The molecule has 0 spiro atoms. The summed E-state index contributed by atoms with van der Waals surface area (Å²) in [6.07, 6.45) is 2.90. The Hall–Kier alpha value is -2.39. The van der Waals surface area contributed by atoms with E-state index in [-0.39, 0.29) is 5.56 Å². The van der Waals surface area contributed by atoms with Gasteiger partial charge in [0.25, 0.3) is 5.56 Å². The summed E-state index contributed by atoms with van der Waals surface area (Å²) >= 11 is 5.92. The van der Waals surface area contributed by atoms with Crippen LogP contribution in [0.4, 0.5) is 0 Å². The van der Waals surface area contributed by atoms with Crippen LogP contribution < -0.4 is 5.56 Å². The van der Waals surface area contributed by atoms with Crippen LogP contribution in [0.2, 0.25) is 5.02 Å². The van der Waals surface area contributed by atoms with Gasteiger partial charge in [0.1, 0.15) is 5.82 Å². The van der Waals surface area contributed by atoms with E-state index in [1.54, 1.807) is 4.57 Å². The summed E-state index contributed by atoms with van der Waals surface area (Å²) in [5, 5.41) is 1.40. The van der Waals surface area contributed by atoms with E-state index < -0.39 is 0 Å². The lowest BCUT2D eigenvalue weighted by Gasteiger charge is -2.05. The Morgan fingerprint density at radius 1 is 1.09 bits per heavy atom. The van der Waals surface area contributed by atoms with Crippen LogP contribution in [0.3, 0.4) is 0 Å². The second-order valence-electron chi connectivity index (χ2n) is 5.38. The lowest BCUT2D eigenvalue weighted by atomic mass is 10.1. The minimum atomic E-state index is 0.0418. The van der Waals surface area contributed by atoms with Crippen LogP contribution in [0.1, 0.15) is 17.8 Å². The zero-order valence-corrected chi connectivity index (χ0v) is 12.5. The van der Waals surface area contributed by atoms with Gasteiger partial charge in [0.2, 0.25) is 0 Å². The second-order valence-corrected chi connectivity index (χ2v) is 5.82.